The van der Waals surface area contributed by atoms with E-state index in [1.807, 2.05) is 40.3 Å². The van der Waals surface area contributed by atoms with Crippen LogP contribution in [0, 0.1) is 0 Å². The molecule has 8 nitrogen and oxygen atoms in total. The smallest absolute Gasteiger partial charge is 0.425 e. The maximum atomic E-state index is 13.4. The number of nitrogens with zero attached hydrogens (tertiary/aromatic N) is 5. The molecule has 3 aromatic heterocycles. The van der Waals surface area contributed by atoms with Gasteiger partial charge in [0.1, 0.15) is 10.5 Å². The molecule has 38 heavy (non-hydrogen) atoms. The third kappa shape index (κ3) is 5.29. The van der Waals surface area contributed by atoms with Gasteiger partial charge in [-0.3, -0.25) is 19.4 Å². The Morgan fingerprint density at radius 3 is 2.53 bits per heavy atom. The summed E-state index contributed by atoms with van der Waals surface area (Å²) in [5.74, 6) is -0.874. The maximum absolute atomic E-state index is 13.4. The molecule has 0 spiro atoms. The third-order valence-corrected chi connectivity index (χ3v) is 8.59. The minimum atomic E-state index is -4.38. The zero-order valence-corrected chi connectivity index (χ0v) is 22.1. The molecule has 0 aliphatic carbocycles. The van der Waals surface area contributed by atoms with Crippen LogP contribution in [-0.2, 0) is 35.3 Å². The number of carboxylic acid groups (broad SMARTS) is 1. The second-order valence-electron chi connectivity index (χ2n) is 10.2. The molecule has 5 rings (SSSR count). The van der Waals surface area contributed by atoms with Crippen molar-refractivity contribution in [3.8, 4) is 0 Å². The molecule has 204 valence electrons. The highest BCUT2D eigenvalue weighted by atomic mass is 32.1. The number of carboxylic acids is 1. The van der Waals surface area contributed by atoms with Crippen LogP contribution in [0.15, 0.2) is 30.5 Å². The van der Waals surface area contributed by atoms with Gasteiger partial charge in [0.25, 0.3) is 0 Å². The van der Waals surface area contributed by atoms with Crippen LogP contribution in [0.5, 0.6) is 0 Å². The predicted molar refractivity (Wildman–Crippen MR) is 137 cm³/mol. The minimum absolute atomic E-state index is 0.0107. The number of halogens is 3. The summed E-state index contributed by atoms with van der Waals surface area (Å²) in [6, 6.07) is 6.47. The largest absolute Gasteiger partial charge is 0.480 e. The fraction of sp³-hybridized carbons (Fsp3) is 0.500. The van der Waals surface area contributed by atoms with Crippen molar-refractivity contribution in [3.05, 3.63) is 51.5 Å². The first kappa shape index (κ1) is 26.6. The van der Waals surface area contributed by atoms with E-state index in [0.29, 0.717) is 43.1 Å². The van der Waals surface area contributed by atoms with Crippen molar-refractivity contribution in [1.82, 2.24) is 24.3 Å². The van der Waals surface area contributed by atoms with Gasteiger partial charge in [0.05, 0.1) is 26.2 Å². The van der Waals surface area contributed by atoms with E-state index in [4.69, 9.17) is 0 Å². The molecule has 0 unspecified atom stereocenters. The van der Waals surface area contributed by atoms with Crippen LogP contribution in [0.25, 0.3) is 11.0 Å². The number of thiophene rings is 1. The summed E-state index contributed by atoms with van der Waals surface area (Å²) in [6.45, 7) is 6.56. The molecule has 2 aliphatic heterocycles. The van der Waals surface area contributed by atoms with Crippen LogP contribution in [0.1, 0.15) is 34.9 Å². The number of hydrogen-bond donors (Lipinski definition) is 1. The quantitative estimate of drug-likeness (QED) is 0.507. The molecule has 1 N–H and O–H groups in total. The zero-order valence-electron chi connectivity index (χ0n) is 21.2. The van der Waals surface area contributed by atoms with Crippen molar-refractivity contribution in [2.24, 2.45) is 0 Å². The molecule has 5 heterocycles. The van der Waals surface area contributed by atoms with Gasteiger partial charge < -0.3 is 14.6 Å². The summed E-state index contributed by atoms with van der Waals surface area (Å²) in [5, 5.41) is 10.2. The van der Waals surface area contributed by atoms with Crippen molar-refractivity contribution < 1.29 is 27.9 Å². The molecule has 0 bridgehead atoms. The first-order valence-electron chi connectivity index (χ1n) is 12.6. The first-order chi connectivity index (χ1) is 18.0. The van der Waals surface area contributed by atoms with Crippen molar-refractivity contribution >= 4 is 34.2 Å². The Hall–Kier alpha value is -2.96. The lowest BCUT2D eigenvalue weighted by Crippen LogP contribution is -2.59. The van der Waals surface area contributed by atoms with Gasteiger partial charge in [0.2, 0.25) is 5.91 Å². The van der Waals surface area contributed by atoms with Gasteiger partial charge in [-0.2, -0.15) is 13.2 Å². The summed E-state index contributed by atoms with van der Waals surface area (Å²) in [7, 11) is 0. The zero-order chi connectivity index (χ0) is 27.2. The van der Waals surface area contributed by atoms with Crippen LogP contribution < -0.4 is 0 Å². The fourth-order valence-electron chi connectivity index (χ4n) is 5.77. The average molecular weight is 550 g/mol. The summed E-state index contributed by atoms with van der Waals surface area (Å²) in [4.78, 5) is 34.9. The standard InChI is InChI=1S/C26H30F3N5O3S/c1-16-10-31(11-17(2)33(16)15-24(36)37)14-23(35)32-9-7-19-20-4-3-8-30-25(20)34(21(19)13-32)12-18-5-6-22(38-18)26(27,28)29/h3-6,8,16-17H,7,9-15H2,1-2H3,(H,36,37)/t16-,17+. The normalized spacial score (nSPS) is 21.1. The Morgan fingerprint density at radius 1 is 1.13 bits per heavy atom. The van der Waals surface area contributed by atoms with Gasteiger partial charge in [-0.25, -0.2) is 4.98 Å². The molecule has 1 amide bonds. The molecular weight excluding hydrogens is 519 g/mol. The molecule has 0 saturated carbocycles. The molecule has 12 heteroatoms. The highest BCUT2D eigenvalue weighted by Crippen LogP contribution is 2.36. The molecule has 0 radical (unpaired) electrons. The van der Waals surface area contributed by atoms with Gasteiger partial charge >= 0.3 is 12.1 Å². The number of fused-ring (bicyclic) bond motifs is 3. The lowest BCUT2D eigenvalue weighted by atomic mass is 10.0. The third-order valence-electron chi connectivity index (χ3n) is 7.48. The Balaban J connectivity index is 1.34. The Morgan fingerprint density at radius 2 is 1.87 bits per heavy atom. The highest BCUT2D eigenvalue weighted by Gasteiger charge is 2.35. The van der Waals surface area contributed by atoms with E-state index in [1.54, 1.807) is 6.20 Å². The summed E-state index contributed by atoms with van der Waals surface area (Å²) in [5.41, 5.74) is 2.72. The van der Waals surface area contributed by atoms with E-state index >= 15 is 0 Å². The second-order valence-corrected chi connectivity index (χ2v) is 11.3. The molecule has 0 aromatic carbocycles. The SMILES string of the molecule is C[C@@H]1CN(CC(=O)N2CCc3c(n(Cc4ccc(C(F)(F)F)s4)c4ncccc34)C2)C[C@H](C)N1CC(=O)O. The van der Waals surface area contributed by atoms with E-state index in [0.717, 1.165) is 34.0 Å². The predicted octanol–water partition coefficient (Wildman–Crippen LogP) is 3.53. The summed E-state index contributed by atoms with van der Waals surface area (Å²) >= 11 is 0.730. The molecule has 2 atom stereocenters. The number of hydrogen-bond acceptors (Lipinski definition) is 6. The fourth-order valence-corrected chi connectivity index (χ4v) is 6.63. The molecule has 3 aromatic rings. The second kappa shape index (κ2) is 10.3. The van der Waals surface area contributed by atoms with E-state index in [2.05, 4.69) is 9.88 Å². The molecular formula is C26H30F3N5O3S. The van der Waals surface area contributed by atoms with Gasteiger partial charge in [-0.15, -0.1) is 11.3 Å². The van der Waals surface area contributed by atoms with Gasteiger partial charge in [0, 0.05) is 53.9 Å². The van der Waals surface area contributed by atoms with Crippen LogP contribution >= 0.6 is 11.3 Å². The van der Waals surface area contributed by atoms with Gasteiger partial charge in [-0.05, 0) is 50.1 Å². The van der Waals surface area contributed by atoms with Crippen molar-refractivity contribution in [3.63, 3.8) is 0 Å². The van der Waals surface area contributed by atoms with Gasteiger partial charge in [0.15, 0.2) is 0 Å². The van der Waals surface area contributed by atoms with Crippen LogP contribution in [-0.4, -0.2) is 86.0 Å². The van der Waals surface area contributed by atoms with E-state index < -0.39 is 17.0 Å². The van der Waals surface area contributed by atoms with Crippen molar-refractivity contribution in [2.75, 3.05) is 32.7 Å². The molecule has 1 saturated heterocycles. The van der Waals surface area contributed by atoms with Gasteiger partial charge in [-0.1, -0.05) is 0 Å². The van der Waals surface area contributed by atoms with Crippen LogP contribution in [0.2, 0.25) is 0 Å². The van der Waals surface area contributed by atoms with Crippen LogP contribution in [0.3, 0.4) is 0 Å². The van der Waals surface area contributed by atoms with Crippen molar-refractivity contribution in [1.29, 1.82) is 0 Å². The lowest BCUT2D eigenvalue weighted by molar-refractivity contribution is -0.142. The summed E-state index contributed by atoms with van der Waals surface area (Å²) < 4.78 is 41.5. The van der Waals surface area contributed by atoms with Crippen molar-refractivity contribution in [2.45, 2.75) is 51.6 Å². The monoisotopic (exact) mass is 549 g/mol. The number of aromatic nitrogens is 2. The Labute approximate surface area is 222 Å². The number of rotatable bonds is 6. The number of carbonyl (C=O) groups is 2. The number of aliphatic carboxylic acids is 1. The number of amides is 1. The molecule has 2 aliphatic rings. The maximum Gasteiger partial charge on any atom is 0.425 e. The lowest BCUT2D eigenvalue weighted by Gasteiger charge is -2.44. The Kier molecular flexibility index (Phi) is 7.23. The number of alkyl halides is 3. The molecule has 1 fully saturated rings. The number of carbonyl (C=O) groups excluding carboxylic acids is 1. The minimum Gasteiger partial charge on any atom is -0.480 e. The van der Waals surface area contributed by atoms with E-state index in [-0.39, 0.29) is 37.6 Å². The Bertz CT molecular complexity index is 1340. The summed E-state index contributed by atoms with van der Waals surface area (Å²) in [6.07, 6.45) is -2.06. The first-order valence-corrected chi connectivity index (χ1v) is 13.4. The number of pyridine rings is 1. The van der Waals surface area contributed by atoms with E-state index in [9.17, 15) is 27.9 Å². The van der Waals surface area contributed by atoms with Crippen LogP contribution in [0.4, 0.5) is 13.2 Å². The van der Waals surface area contributed by atoms with E-state index in [1.165, 1.54) is 6.07 Å². The number of piperazine rings is 1. The topological polar surface area (TPSA) is 81.9 Å². The highest BCUT2D eigenvalue weighted by molar-refractivity contribution is 7.12. The average Bonchev–Trinajstić information content (AvgIpc) is 3.45.